The summed E-state index contributed by atoms with van der Waals surface area (Å²) in [6, 6.07) is 9.09. The van der Waals surface area contributed by atoms with Gasteiger partial charge >= 0.3 is 5.97 Å². The van der Waals surface area contributed by atoms with E-state index in [4.69, 9.17) is 15.6 Å². The van der Waals surface area contributed by atoms with Crippen molar-refractivity contribution >= 4 is 5.97 Å². The van der Waals surface area contributed by atoms with Crippen LogP contribution in [0.3, 0.4) is 0 Å². The molecule has 0 saturated carbocycles. The number of benzene rings is 1. The Bertz CT molecular complexity index is 287. The van der Waals surface area contributed by atoms with Crippen LogP contribution < -0.4 is 10.5 Å². The molecule has 1 atom stereocenters. The molecule has 76 valence electrons. The molecule has 14 heavy (non-hydrogen) atoms. The zero-order valence-corrected chi connectivity index (χ0v) is 7.72. The van der Waals surface area contributed by atoms with Crippen LogP contribution in [-0.2, 0) is 4.79 Å². The molecule has 0 saturated heterocycles. The monoisotopic (exact) mass is 195 g/mol. The fourth-order valence-electron chi connectivity index (χ4n) is 0.999. The smallest absolute Gasteiger partial charge is 0.303 e. The molecule has 0 amide bonds. The molecule has 4 heteroatoms. The highest BCUT2D eigenvalue weighted by atomic mass is 16.5. The first kappa shape index (κ1) is 10.5. The van der Waals surface area contributed by atoms with Crippen molar-refractivity contribution in [1.29, 1.82) is 0 Å². The summed E-state index contributed by atoms with van der Waals surface area (Å²) in [5.74, 6) is -0.206. The molecule has 3 N–H and O–H groups in total. The molecule has 1 rings (SSSR count). The van der Waals surface area contributed by atoms with Crippen LogP contribution in [0, 0.1) is 0 Å². The topological polar surface area (TPSA) is 72.6 Å². The van der Waals surface area contributed by atoms with E-state index in [0.29, 0.717) is 12.2 Å². The molecule has 0 aliphatic rings. The minimum atomic E-state index is -0.864. The highest BCUT2D eigenvalue weighted by Gasteiger charge is 2.06. The van der Waals surface area contributed by atoms with E-state index in [0.717, 1.165) is 0 Å². The Morgan fingerprint density at radius 1 is 1.43 bits per heavy atom. The average molecular weight is 195 g/mol. The Hall–Kier alpha value is -1.55. The number of para-hydroxylation sites is 1. The Balaban J connectivity index is 2.34. The van der Waals surface area contributed by atoms with Crippen LogP contribution in [0.2, 0.25) is 0 Å². The molecule has 4 nitrogen and oxygen atoms in total. The summed E-state index contributed by atoms with van der Waals surface area (Å²) >= 11 is 0. The van der Waals surface area contributed by atoms with Crippen molar-refractivity contribution in [2.75, 3.05) is 0 Å². The van der Waals surface area contributed by atoms with Crippen molar-refractivity contribution in [2.45, 2.75) is 19.1 Å². The number of rotatable bonds is 5. The van der Waals surface area contributed by atoms with Gasteiger partial charge in [0.1, 0.15) is 12.0 Å². The van der Waals surface area contributed by atoms with Gasteiger partial charge in [0.15, 0.2) is 0 Å². The van der Waals surface area contributed by atoms with Gasteiger partial charge in [0.05, 0.1) is 6.42 Å². The van der Waals surface area contributed by atoms with Crippen molar-refractivity contribution in [3.63, 3.8) is 0 Å². The molecule has 0 bridgehead atoms. The van der Waals surface area contributed by atoms with Gasteiger partial charge in [-0.15, -0.1) is 0 Å². The third kappa shape index (κ3) is 3.91. The molecule has 0 heterocycles. The summed E-state index contributed by atoms with van der Waals surface area (Å²) in [6.07, 6.45) is -0.230. The standard InChI is InChI=1S/C10H13NO3/c11-9(6-7-10(12)13)14-8-4-2-1-3-5-8/h1-5,9H,6-7,11H2,(H,12,13). The van der Waals surface area contributed by atoms with Gasteiger partial charge in [0.2, 0.25) is 0 Å². The van der Waals surface area contributed by atoms with Crippen molar-refractivity contribution in [2.24, 2.45) is 5.73 Å². The van der Waals surface area contributed by atoms with Gasteiger partial charge in [-0.1, -0.05) is 18.2 Å². The first-order valence-corrected chi connectivity index (χ1v) is 4.37. The predicted molar refractivity (Wildman–Crippen MR) is 51.9 cm³/mol. The Morgan fingerprint density at radius 2 is 2.07 bits per heavy atom. The van der Waals surface area contributed by atoms with Crippen LogP contribution in [0.4, 0.5) is 0 Å². The summed E-state index contributed by atoms with van der Waals surface area (Å²) < 4.78 is 5.28. The maximum Gasteiger partial charge on any atom is 0.303 e. The van der Waals surface area contributed by atoms with Crippen LogP contribution in [0.5, 0.6) is 5.75 Å². The molecular weight excluding hydrogens is 182 g/mol. The lowest BCUT2D eigenvalue weighted by Gasteiger charge is -2.12. The van der Waals surface area contributed by atoms with E-state index in [-0.39, 0.29) is 6.42 Å². The third-order valence-electron chi connectivity index (χ3n) is 1.67. The molecule has 1 unspecified atom stereocenters. The summed E-state index contributed by atoms with van der Waals surface area (Å²) in [6.45, 7) is 0. The Labute approximate surface area is 82.3 Å². The fourth-order valence-corrected chi connectivity index (χ4v) is 0.999. The van der Waals surface area contributed by atoms with Crippen LogP contribution in [0.1, 0.15) is 12.8 Å². The largest absolute Gasteiger partial charge is 0.481 e. The highest BCUT2D eigenvalue weighted by molar-refractivity contribution is 5.66. The molecule has 0 radical (unpaired) electrons. The maximum atomic E-state index is 10.2. The van der Waals surface area contributed by atoms with Crippen molar-refractivity contribution in [1.82, 2.24) is 0 Å². The summed E-state index contributed by atoms with van der Waals surface area (Å²) in [5.41, 5.74) is 5.57. The van der Waals surface area contributed by atoms with Gasteiger partial charge in [-0.2, -0.15) is 0 Å². The molecule has 0 fully saturated rings. The molecular formula is C10H13NO3. The van der Waals surface area contributed by atoms with Crippen LogP contribution in [0.25, 0.3) is 0 Å². The van der Waals surface area contributed by atoms with E-state index in [1.54, 1.807) is 12.1 Å². The lowest BCUT2D eigenvalue weighted by molar-refractivity contribution is -0.137. The molecule has 0 aliphatic heterocycles. The number of nitrogens with two attached hydrogens (primary N) is 1. The average Bonchev–Trinajstić information content (AvgIpc) is 2.16. The first-order valence-electron chi connectivity index (χ1n) is 4.37. The minimum absolute atomic E-state index is 0.0218. The first-order chi connectivity index (χ1) is 6.68. The number of carboxylic acid groups (broad SMARTS) is 1. The molecule has 0 spiro atoms. The third-order valence-corrected chi connectivity index (χ3v) is 1.67. The van der Waals surface area contributed by atoms with Gasteiger partial charge in [-0.05, 0) is 12.1 Å². The Morgan fingerprint density at radius 3 is 2.64 bits per heavy atom. The number of carbonyl (C=O) groups is 1. The predicted octanol–water partition coefficient (Wildman–Crippen LogP) is 1.21. The highest BCUT2D eigenvalue weighted by Crippen LogP contribution is 2.10. The second-order valence-corrected chi connectivity index (χ2v) is 2.90. The zero-order valence-electron chi connectivity index (χ0n) is 7.72. The van der Waals surface area contributed by atoms with Gasteiger partial charge in [0.25, 0.3) is 0 Å². The molecule has 0 aliphatic carbocycles. The lowest BCUT2D eigenvalue weighted by atomic mass is 10.3. The summed E-state index contributed by atoms with van der Waals surface area (Å²) in [4.78, 5) is 10.2. The maximum absolute atomic E-state index is 10.2. The van der Waals surface area contributed by atoms with E-state index in [1.165, 1.54) is 0 Å². The quantitative estimate of drug-likeness (QED) is 0.693. The number of hydrogen-bond acceptors (Lipinski definition) is 3. The van der Waals surface area contributed by atoms with Gasteiger partial charge in [-0.25, -0.2) is 0 Å². The van der Waals surface area contributed by atoms with Crippen LogP contribution in [0.15, 0.2) is 30.3 Å². The van der Waals surface area contributed by atoms with Crippen molar-refractivity contribution in [3.8, 4) is 5.75 Å². The van der Waals surface area contributed by atoms with Crippen molar-refractivity contribution in [3.05, 3.63) is 30.3 Å². The number of hydrogen-bond donors (Lipinski definition) is 2. The molecule has 0 aromatic heterocycles. The summed E-state index contributed by atoms with van der Waals surface area (Å²) in [7, 11) is 0. The Kier molecular flexibility index (Phi) is 3.94. The lowest BCUT2D eigenvalue weighted by Crippen LogP contribution is -2.27. The number of ether oxygens (including phenoxy) is 1. The van der Waals surface area contributed by atoms with Gasteiger partial charge < -0.3 is 9.84 Å². The fraction of sp³-hybridized carbons (Fsp3) is 0.300. The van der Waals surface area contributed by atoms with E-state index in [1.807, 2.05) is 18.2 Å². The molecule has 1 aromatic carbocycles. The van der Waals surface area contributed by atoms with E-state index in [9.17, 15) is 4.79 Å². The van der Waals surface area contributed by atoms with Crippen LogP contribution >= 0.6 is 0 Å². The summed E-state index contributed by atoms with van der Waals surface area (Å²) in [5, 5.41) is 8.42. The number of aliphatic carboxylic acids is 1. The van der Waals surface area contributed by atoms with E-state index >= 15 is 0 Å². The van der Waals surface area contributed by atoms with E-state index < -0.39 is 12.2 Å². The van der Waals surface area contributed by atoms with Crippen molar-refractivity contribution < 1.29 is 14.6 Å². The number of carboxylic acids is 1. The zero-order chi connectivity index (χ0) is 10.4. The minimum Gasteiger partial charge on any atom is -0.481 e. The van der Waals surface area contributed by atoms with Crippen LogP contribution in [-0.4, -0.2) is 17.3 Å². The van der Waals surface area contributed by atoms with E-state index in [2.05, 4.69) is 0 Å². The second kappa shape index (κ2) is 5.24. The second-order valence-electron chi connectivity index (χ2n) is 2.90. The van der Waals surface area contributed by atoms with Gasteiger partial charge in [-0.3, -0.25) is 10.5 Å². The molecule has 1 aromatic rings. The SMILES string of the molecule is NC(CCC(=O)O)Oc1ccccc1. The van der Waals surface area contributed by atoms with Gasteiger partial charge in [0, 0.05) is 6.42 Å². The normalized spacial score (nSPS) is 12.1.